The van der Waals surface area contributed by atoms with E-state index in [-0.39, 0.29) is 10.7 Å². The van der Waals surface area contributed by atoms with Gasteiger partial charge in [0.15, 0.2) is 0 Å². The lowest BCUT2D eigenvalue weighted by atomic mass is 10.1. The highest BCUT2D eigenvalue weighted by Gasteiger charge is 2.26. The Kier molecular flexibility index (Phi) is 8.53. The van der Waals surface area contributed by atoms with Crippen molar-refractivity contribution in [2.24, 2.45) is 5.92 Å². The van der Waals surface area contributed by atoms with Gasteiger partial charge >= 0.3 is 0 Å². The quantitative estimate of drug-likeness (QED) is 0.666. The van der Waals surface area contributed by atoms with Crippen molar-refractivity contribution < 1.29 is 14.2 Å². The maximum absolute atomic E-state index is 5.97. The minimum atomic E-state index is 0.166. The van der Waals surface area contributed by atoms with Crippen LogP contribution in [0.15, 0.2) is 0 Å². The predicted octanol–water partition coefficient (Wildman–Crippen LogP) is 2.55. The Morgan fingerprint density at radius 2 is 2.00 bits per heavy atom. The van der Waals surface area contributed by atoms with Crippen LogP contribution in [0.1, 0.15) is 26.2 Å². The largest absolute Gasteiger partial charge is 0.384 e. The molecule has 18 heavy (non-hydrogen) atoms. The highest BCUT2D eigenvalue weighted by atomic mass is 32.2. The molecule has 1 aliphatic rings. The molecule has 3 unspecified atom stereocenters. The summed E-state index contributed by atoms with van der Waals surface area (Å²) >= 11 is 1.78. The lowest BCUT2D eigenvalue weighted by Crippen LogP contribution is -2.29. The van der Waals surface area contributed by atoms with Crippen LogP contribution in [0.2, 0.25) is 0 Å². The molecule has 3 nitrogen and oxygen atoms in total. The van der Waals surface area contributed by atoms with Gasteiger partial charge in [0.25, 0.3) is 0 Å². The first-order valence-electron chi connectivity index (χ1n) is 6.55. The average molecular weight is 272 g/mol. The Hall–Kier alpha value is -0.210. The van der Waals surface area contributed by atoms with Crippen LogP contribution in [0.3, 0.4) is 0 Å². The van der Waals surface area contributed by atoms with Gasteiger partial charge in [-0.2, -0.15) is 0 Å². The second-order valence-corrected chi connectivity index (χ2v) is 5.70. The molecule has 0 fully saturated rings. The van der Waals surface area contributed by atoms with Gasteiger partial charge in [0.2, 0.25) is 0 Å². The molecule has 0 aromatic rings. The predicted molar refractivity (Wildman–Crippen MR) is 75.7 cm³/mol. The van der Waals surface area contributed by atoms with E-state index in [0.717, 1.165) is 32.5 Å². The van der Waals surface area contributed by atoms with Gasteiger partial charge in [-0.15, -0.1) is 17.7 Å². The van der Waals surface area contributed by atoms with Gasteiger partial charge in [0, 0.05) is 33.2 Å². The Balaban J connectivity index is 2.64. The van der Waals surface area contributed by atoms with E-state index in [1.165, 1.54) is 0 Å². The highest BCUT2D eigenvalue weighted by Crippen LogP contribution is 2.30. The molecule has 1 rings (SSSR count). The van der Waals surface area contributed by atoms with Crippen molar-refractivity contribution in [1.29, 1.82) is 0 Å². The molecule has 3 atom stereocenters. The van der Waals surface area contributed by atoms with Crippen molar-refractivity contribution in [2.45, 2.75) is 36.9 Å². The fourth-order valence-electron chi connectivity index (χ4n) is 1.90. The molecule has 104 valence electrons. The standard InChI is InChI=1S/C14H24O3S/c1-4-9-17-14-12(10-15-2)7-5-6-8-13(18-14)11-16-3/h12-14H,4-5,7,9-11H2,1-3H3. The number of ether oxygens (including phenoxy) is 3. The lowest BCUT2D eigenvalue weighted by Gasteiger charge is -2.29. The van der Waals surface area contributed by atoms with Crippen molar-refractivity contribution in [1.82, 2.24) is 0 Å². The topological polar surface area (TPSA) is 27.7 Å². The second kappa shape index (κ2) is 9.69. The molecule has 1 aliphatic heterocycles. The maximum Gasteiger partial charge on any atom is 0.109 e. The third-order valence-electron chi connectivity index (χ3n) is 2.77. The number of hydrogen-bond acceptors (Lipinski definition) is 4. The normalized spacial score (nSPS) is 28.1. The van der Waals surface area contributed by atoms with Crippen LogP contribution < -0.4 is 0 Å². The zero-order valence-electron chi connectivity index (χ0n) is 11.6. The van der Waals surface area contributed by atoms with E-state index in [4.69, 9.17) is 14.2 Å². The van der Waals surface area contributed by atoms with Gasteiger partial charge in [-0.3, -0.25) is 0 Å². The summed E-state index contributed by atoms with van der Waals surface area (Å²) in [7, 11) is 3.47. The van der Waals surface area contributed by atoms with Crippen molar-refractivity contribution in [3.63, 3.8) is 0 Å². The summed E-state index contributed by atoms with van der Waals surface area (Å²) in [5.41, 5.74) is 0.166. The summed E-state index contributed by atoms with van der Waals surface area (Å²) in [5, 5.41) is 0.205. The number of methoxy groups -OCH3 is 2. The summed E-state index contributed by atoms with van der Waals surface area (Å²) in [4.78, 5) is 0. The van der Waals surface area contributed by atoms with Crippen LogP contribution in [0.25, 0.3) is 0 Å². The van der Waals surface area contributed by atoms with Crippen molar-refractivity contribution in [3.8, 4) is 11.8 Å². The molecule has 0 aliphatic carbocycles. The number of hydrogen-bond donors (Lipinski definition) is 0. The monoisotopic (exact) mass is 272 g/mol. The molecule has 0 aromatic heterocycles. The molecule has 0 radical (unpaired) electrons. The molecule has 0 bridgehead atoms. The first-order valence-corrected chi connectivity index (χ1v) is 7.49. The SMILES string of the molecule is CCCOC1SC(COC)C#CCCC1COC. The van der Waals surface area contributed by atoms with Crippen molar-refractivity contribution in [2.75, 3.05) is 34.0 Å². The maximum atomic E-state index is 5.97. The van der Waals surface area contributed by atoms with Crippen LogP contribution in [-0.2, 0) is 14.2 Å². The van der Waals surface area contributed by atoms with E-state index in [9.17, 15) is 0 Å². The molecule has 0 spiro atoms. The van der Waals surface area contributed by atoms with Crippen LogP contribution in [0.4, 0.5) is 0 Å². The molecule has 0 aromatic carbocycles. The Morgan fingerprint density at radius 3 is 2.67 bits per heavy atom. The number of thioether (sulfide) groups is 1. The Bertz CT molecular complexity index is 272. The summed E-state index contributed by atoms with van der Waals surface area (Å²) in [6.07, 6.45) is 3.00. The van der Waals surface area contributed by atoms with Gasteiger partial charge in [0.1, 0.15) is 5.44 Å². The van der Waals surface area contributed by atoms with Gasteiger partial charge in [-0.25, -0.2) is 0 Å². The average Bonchev–Trinajstić information content (AvgIpc) is 2.35. The third-order valence-corrected chi connectivity index (χ3v) is 4.14. The smallest absolute Gasteiger partial charge is 0.109 e. The van der Waals surface area contributed by atoms with Crippen molar-refractivity contribution >= 4 is 11.8 Å². The van der Waals surface area contributed by atoms with Gasteiger partial charge < -0.3 is 14.2 Å². The van der Waals surface area contributed by atoms with Gasteiger partial charge in [-0.05, 0) is 12.8 Å². The Labute approximate surface area is 115 Å². The molecule has 4 heteroatoms. The van der Waals surface area contributed by atoms with E-state index in [1.54, 1.807) is 26.0 Å². The molecule has 0 saturated heterocycles. The van der Waals surface area contributed by atoms with E-state index < -0.39 is 0 Å². The summed E-state index contributed by atoms with van der Waals surface area (Å²) in [6.45, 7) is 4.32. The third kappa shape index (κ3) is 5.62. The minimum Gasteiger partial charge on any atom is -0.384 e. The summed E-state index contributed by atoms with van der Waals surface area (Å²) in [5.74, 6) is 6.90. The summed E-state index contributed by atoms with van der Waals surface area (Å²) in [6, 6.07) is 0. The molecule has 0 N–H and O–H groups in total. The zero-order valence-corrected chi connectivity index (χ0v) is 12.4. The fraction of sp³-hybridized carbons (Fsp3) is 0.857. The lowest BCUT2D eigenvalue weighted by molar-refractivity contribution is 0.0336. The van der Waals surface area contributed by atoms with E-state index in [1.807, 2.05) is 0 Å². The first kappa shape index (κ1) is 15.8. The van der Waals surface area contributed by atoms with E-state index in [2.05, 4.69) is 18.8 Å². The molecular formula is C14H24O3S. The molecule has 0 amide bonds. The van der Waals surface area contributed by atoms with Crippen molar-refractivity contribution in [3.05, 3.63) is 0 Å². The first-order chi connectivity index (χ1) is 8.81. The van der Waals surface area contributed by atoms with E-state index >= 15 is 0 Å². The van der Waals surface area contributed by atoms with Gasteiger partial charge in [0.05, 0.1) is 18.5 Å². The highest BCUT2D eigenvalue weighted by molar-refractivity contribution is 8.00. The zero-order chi connectivity index (χ0) is 13.2. The van der Waals surface area contributed by atoms with Crippen LogP contribution >= 0.6 is 11.8 Å². The Morgan fingerprint density at radius 1 is 1.22 bits per heavy atom. The van der Waals surface area contributed by atoms with E-state index in [0.29, 0.717) is 12.5 Å². The fourth-order valence-corrected chi connectivity index (χ4v) is 3.21. The molecular weight excluding hydrogens is 248 g/mol. The number of rotatable bonds is 7. The van der Waals surface area contributed by atoms with Gasteiger partial charge in [-0.1, -0.05) is 12.8 Å². The van der Waals surface area contributed by atoms with Crippen LogP contribution in [0, 0.1) is 17.8 Å². The molecule has 1 heterocycles. The summed E-state index contributed by atoms with van der Waals surface area (Å²) < 4.78 is 16.5. The second-order valence-electron chi connectivity index (χ2n) is 4.39. The minimum absolute atomic E-state index is 0.166. The van der Waals surface area contributed by atoms with Crippen LogP contribution in [-0.4, -0.2) is 44.7 Å². The molecule has 0 saturated carbocycles. The van der Waals surface area contributed by atoms with Crippen LogP contribution in [0.5, 0.6) is 0 Å².